The fourth-order valence-corrected chi connectivity index (χ4v) is 4.01. The molecule has 1 aliphatic rings. The number of urea groups is 1. The topological polar surface area (TPSA) is 156 Å². The molecule has 3 aromatic heterocycles. The molecule has 12 nitrogen and oxygen atoms in total. The Kier molecular flexibility index (Phi) is 10.9. The van der Waals surface area contributed by atoms with Gasteiger partial charge in [-0.1, -0.05) is 13.8 Å². The molecule has 3 aromatic rings. The molecule has 4 heterocycles. The van der Waals surface area contributed by atoms with E-state index in [1.54, 1.807) is 16.9 Å². The van der Waals surface area contributed by atoms with Gasteiger partial charge in [-0.3, -0.25) is 0 Å². The van der Waals surface area contributed by atoms with Crippen LogP contribution < -0.4 is 15.0 Å². The molecule has 4 rings (SSSR count). The molecule has 0 aromatic carbocycles. The van der Waals surface area contributed by atoms with Crippen LogP contribution in [0.4, 0.5) is 23.8 Å². The van der Waals surface area contributed by atoms with E-state index in [1.807, 2.05) is 23.1 Å². The van der Waals surface area contributed by atoms with Crippen molar-refractivity contribution < 1.29 is 37.7 Å². The van der Waals surface area contributed by atoms with Crippen molar-refractivity contribution in [2.24, 2.45) is 5.92 Å². The highest BCUT2D eigenvalue weighted by molar-refractivity contribution is 5.85. The molecule has 0 saturated carbocycles. The molecule has 1 fully saturated rings. The van der Waals surface area contributed by atoms with Crippen LogP contribution >= 0.6 is 0 Å². The summed E-state index contributed by atoms with van der Waals surface area (Å²) >= 11 is 0. The molecule has 42 heavy (non-hydrogen) atoms. The van der Waals surface area contributed by atoms with E-state index < -0.39 is 12.1 Å². The lowest BCUT2D eigenvalue weighted by molar-refractivity contribution is -0.192. The van der Waals surface area contributed by atoms with Crippen molar-refractivity contribution in [2.45, 2.75) is 26.4 Å². The number of carbonyl (C=O) groups excluding carboxylic acids is 1. The predicted molar refractivity (Wildman–Crippen MR) is 146 cm³/mol. The number of nitrogens with zero attached hydrogens (tertiary/aromatic N) is 6. The van der Waals surface area contributed by atoms with Gasteiger partial charge in [-0.05, 0) is 24.1 Å². The standard InChI is InChI=1S/C25H31N7O3.C2HF3O2/c1-18(2)14-28-25(34)31-8-6-30(7-9-31)23-5-4-19(15-27-23)22-12-21(35-11-3-10-33)17-32-24(22)20(13-26)16-29-32;3-2(4,5)1(6)7/h4-5,12,15-18,33H,3,6-11,14H2,1-2H3,(H,28,34);(H,6,7). The maximum Gasteiger partial charge on any atom is 0.490 e. The lowest BCUT2D eigenvalue weighted by atomic mass is 10.1. The van der Waals surface area contributed by atoms with E-state index in [0.29, 0.717) is 68.5 Å². The zero-order chi connectivity index (χ0) is 30.9. The number of hydrogen-bond acceptors (Lipinski definition) is 8. The summed E-state index contributed by atoms with van der Waals surface area (Å²) in [6.45, 7) is 7.96. The molecule has 0 unspecified atom stereocenters. The van der Waals surface area contributed by atoms with Gasteiger partial charge >= 0.3 is 18.2 Å². The molecule has 0 aliphatic carbocycles. The van der Waals surface area contributed by atoms with Crippen molar-refractivity contribution in [3.05, 3.63) is 42.4 Å². The fourth-order valence-electron chi connectivity index (χ4n) is 4.01. The molecule has 2 amide bonds. The van der Waals surface area contributed by atoms with E-state index in [0.717, 1.165) is 16.9 Å². The summed E-state index contributed by atoms with van der Waals surface area (Å²) in [5, 5.41) is 33.0. The lowest BCUT2D eigenvalue weighted by Crippen LogP contribution is -2.52. The van der Waals surface area contributed by atoms with E-state index in [2.05, 4.69) is 40.2 Å². The number of aromatic nitrogens is 3. The molecule has 0 radical (unpaired) electrons. The fraction of sp³-hybridized carbons (Fsp3) is 0.444. The minimum atomic E-state index is -5.08. The number of amides is 2. The summed E-state index contributed by atoms with van der Waals surface area (Å²) in [5.41, 5.74) is 2.80. The average molecular weight is 592 g/mol. The molecule has 1 aliphatic heterocycles. The second-order valence-electron chi connectivity index (χ2n) is 9.74. The Morgan fingerprint density at radius 3 is 2.43 bits per heavy atom. The highest BCUT2D eigenvalue weighted by Crippen LogP contribution is 2.31. The number of halogens is 3. The van der Waals surface area contributed by atoms with Gasteiger partial charge in [0.1, 0.15) is 17.6 Å². The zero-order valence-electron chi connectivity index (χ0n) is 23.1. The maximum atomic E-state index is 12.3. The second kappa shape index (κ2) is 14.4. The number of carboxylic acid groups (broad SMARTS) is 1. The first-order valence-corrected chi connectivity index (χ1v) is 13.1. The number of aliphatic hydroxyl groups excluding tert-OH is 1. The third-order valence-corrected chi connectivity index (χ3v) is 6.13. The molecule has 1 saturated heterocycles. The maximum absolute atomic E-state index is 12.3. The first-order valence-electron chi connectivity index (χ1n) is 13.1. The molecule has 0 atom stereocenters. The predicted octanol–water partition coefficient (Wildman–Crippen LogP) is 3.15. The molecule has 0 spiro atoms. The van der Waals surface area contributed by atoms with Crippen LogP contribution in [0.1, 0.15) is 25.8 Å². The third kappa shape index (κ3) is 8.46. The Morgan fingerprint density at radius 1 is 1.19 bits per heavy atom. The van der Waals surface area contributed by atoms with E-state index in [1.165, 1.54) is 6.20 Å². The number of hydrogen-bond donors (Lipinski definition) is 3. The van der Waals surface area contributed by atoms with Gasteiger partial charge < -0.3 is 30.1 Å². The van der Waals surface area contributed by atoms with Crippen molar-refractivity contribution in [2.75, 3.05) is 50.8 Å². The first-order chi connectivity index (χ1) is 19.9. The number of carbonyl (C=O) groups is 2. The smallest absolute Gasteiger partial charge is 0.490 e. The summed E-state index contributed by atoms with van der Waals surface area (Å²) in [7, 11) is 0. The number of anilines is 1. The van der Waals surface area contributed by atoms with Gasteiger partial charge in [0.2, 0.25) is 0 Å². The van der Waals surface area contributed by atoms with Gasteiger partial charge in [-0.2, -0.15) is 23.5 Å². The number of aliphatic hydroxyl groups is 1. The summed E-state index contributed by atoms with van der Waals surface area (Å²) < 4.78 is 39.1. The molecule has 15 heteroatoms. The van der Waals surface area contributed by atoms with Gasteiger partial charge in [0.15, 0.2) is 0 Å². The zero-order valence-corrected chi connectivity index (χ0v) is 23.1. The van der Waals surface area contributed by atoms with Gasteiger partial charge in [-0.25, -0.2) is 19.1 Å². The summed E-state index contributed by atoms with van der Waals surface area (Å²) in [5.74, 6) is -0.892. The molecular weight excluding hydrogens is 559 g/mol. The van der Waals surface area contributed by atoms with E-state index in [4.69, 9.17) is 19.7 Å². The Balaban J connectivity index is 0.000000616. The van der Waals surface area contributed by atoms with Crippen molar-refractivity contribution in [1.29, 1.82) is 5.26 Å². The van der Waals surface area contributed by atoms with Crippen molar-refractivity contribution in [3.63, 3.8) is 0 Å². The number of carboxylic acids is 1. The quantitative estimate of drug-likeness (QED) is 0.335. The minimum absolute atomic E-state index is 0.0131. The molecule has 3 N–H and O–H groups in total. The van der Waals surface area contributed by atoms with Crippen LogP contribution in [-0.2, 0) is 4.79 Å². The van der Waals surface area contributed by atoms with Gasteiger partial charge in [0, 0.05) is 63.1 Å². The number of alkyl halides is 3. The minimum Gasteiger partial charge on any atom is -0.492 e. The van der Waals surface area contributed by atoms with Gasteiger partial charge in [-0.15, -0.1) is 0 Å². The lowest BCUT2D eigenvalue weighted by Gasteiger charge is -2.35. The van der Waals surface area contributed by atoms with Crippen molar-refractivity contribution in [1.82, 2.24) is 24.8 Å². The number of ether oxygens (including phenoxy) is 1. The number of rotatable bonds is 8. The van der Waals surface area contributed by atoms with Crippen molar-refractivity contribution in [3.8, 4) is 22.9 Å². The average Bonchev–Trinajstić information content (AvgIpc) is 3.39. The number of nitrogens with one attached hydrogen (secondary N) is 1. The number of fused-ring (bicyclic) bond motifs is 1. The molecular formula is C27H32F3N7O5. The van der Waals surface area contributed by atoms with E-state index in [-0.39, 0.29) is 12.6 Å². The SMILES string of the molecule is CC(C)CNC(=O)N1CCN(c2ccc(-c3cc(OCCCO)cn4ncc(C#N)c34)cn2)CC1.O=C(O)C(F)(F)F. The van der Waals surface area contributed by atoms with Crippen LogP contribution in [0.5, 0.6) is 5.75 Å². The van der Waals surface area contributed by atoms with Crippen LogP contribution in [0.3, 0.4) is 0 Å². The monoisotopic (exact) mass is 591 g/mol. The van der Waals surface area contributed by atoms with Crippen LogP contribution in [0.25, 0.3) is 16.6 Å². The molecule has 226 valence electrons. The van der Waals surface area contributed by atoms with Crippen LogP contribution in [0.2, 0.25) is 0 Å². The Bertz CT molecular complexity index is 1400. The Morgan fingerprint density at radius 2 is 1.88 bits per heavy atom. The number of aliphatic carboxylic acids is 1. The van der Waals surface area contributed by atoms with E-state index >= 15 is 0 Å². The third-order valence-electron chi connectivity index (χ3n) is 6.13. The van der Waals surface area contributed by atoms with E-state index in [9.17, 15) is 23.2 Å². The van der Waals surface area contributed by atoms with Crippen LogP contribution in [-0.4, -0.2) is 93.8 Å². The first kappa shape index (κ1) is 31.9. The highest BCUT2D eigenvalue weighted by Gasteiger charge is 2.38. The summed E-state index contributed by atoms with van der Waals surface area (Å²) in [6.07, 6.45) is 0.501. The highest BCUT2D eigenvalue weighted by atomic mass is 19.4. The Labute approximate surface area is 239 Å². The largest absolute Gasteiger partial charge is 0.492 e. The Hall–Kier alpha value is -4.58. The summed E-state index contributed by atoms with van der Waals surface area (Å²) in [4.78, 5) is 29.9. The van der Waals surface area contributed by atoms with Gasteiger partial charge in [0.25, 0.3) is 0 Å². The van der Waals surface area contributed by atoms with Crippen molar-refractivity contribution >= 4 is 23.3 Å². The number of piperazine rings is 1. The number of pyridine rings is 2. The van der Waals surface area contributed by atoms with Crippen LogP contribution in [0.15, 0.2) is 36.8 Å². The van der Waals surface area contributed by atoms with Crippen LogP contribution in [0, 0.1) is 17.2 Å². The normalized spacial score (nSPS) is 13.4. The van der Waals surface area contributed by atoms with Gasteiger partial charge in [0.05, 0.1) is 30.1 Å². The second-order valence-corrected chi connectivity index (χ2v) is 9.74. The number of nitriles is 1. The summed E-state index contributed by atoms with van der Waals surface area (Å²) in [6, 6.07) is 8.00. The molecule has 0 bridgehead atoms.